The van der Waals surface area contributed by atoms with Crippen molar-refractivity contribution in [2.24, 2.45) is 0 Å². The summed E-state index contributed by atoms with van der Waals surface area (Å²) < 4.78 is 14.5. The Morgan fingerprint density at radius 2 is 2.00 bits per heavy atom. The minimum atomic E-state index is -0.342. The van der Waals surface area contributed by atoms with E-state index in [2.05, 4.69) is 27.1 Å². The molecule has 2 aliphatic heterocycles. The van der Waals surface area contributed by atoms with Gasteiger partial charge in [0.15, 0.2) is 5.13 Å². The molecule has 2 aromatic rings. The molecule has 0 aliphatic carbocycles. The molecule has 1 aromatic heterocycles. The maximum absolute atomic E-state index is 14.5. The van der Waals surface area contributed by atoms with Gasteiger partial charge in [-0.3, -0.25) is 4.79 Å². The van der Waals surface area contributed by atoms with Gasteiger partial charge in [0.2, 0.25) is 5.91 Å². The fraction of sp³-hybridized carbons (Fsp3) is 0.412. The number of amides is 1. The molecule has 24 heavy (non-hydrogen) atoms. The summed E-state index contributed by atoms with van der Waals surface area (Å²) in [7, 11) is 2.12. The normalized spacial score (nSPS) is 18.4. The highest BCUT2D eigenvalue weighted by Gasteiger charge is 2.21. The van der Waals surface area contributed by atoms with Crippen LogP contribution in [-0.4, -0.2) is 49.0 Å². The Hall–Kier alpha value is -1.99. The molecule has 0 saturated carbocycles. The molecule has 1 N–H and O–H groups in total. The molecule has 0 bridgehead atoms. The maximum atomic E-state index is 14.5. The van der Waals surface area contributed by atoms with E-state index in [4.69, 9.17) is 0 Å². The standard InChI is InChI=1S/C17H19FN4OS/c1-21-4-6-22(7-5-21)17-20-15(10-24-17)12-8-11-2-3-16(23)19-14(11)9-13(12)18/h8-10H,2-7H2,1H3,(H,19,23). The number of fused-ring (bicyclic) bond motifs is 1. The number of benzene rings is 1. The summed E-state index contributed by atoms with van der Waals surface area (Å²) in [6.07, 6.45) is 1.09. The van der Waals surface area contributed by atoms with E-state index in [9.17, 15) is 9.18 Å². The first-order valence-electron chi connectivity index (χ1n) is 8.12. The smallest absolute Gasteiger partial charge is 0.224 e. The minimum Gasteiger partial charge on any atom is -0.346 e. The van der Waals surface area contributed by atoms with Gasteiger partial charge in [0.25, 0.3) is 0 Å². The molecule has 1 amide bonds. The molecule has 0 radical (unpaired) electrons. The van der Waals surface area contributed by atoms with E-state index in [1.807, 2.05) is 11.4 Å². The average molecular weight is 346 g/mol. The average Bonchev–Trinajstić information content (AvgIpc) is 3.04. The van der Waals surface area contributed by atoms with Crippen LogP contribution < -0.4 is 10.2 Å². The summed E-state index contributed by atoms with van der Waals surface area (Å²) in [4.78, 5) is 20.6. The van der Waals surface area contributed by atoms with E-state index in [1.54, 1.807) is 11.3 Å². The fourth-order valence-corrected chi connectivity index (χ4v) is 4.01. The number of halogens is 1. The number of aryl methyl sites for hydroxylation is 1. The van der Waals surface area contributed by atoms with E-state index in [0.29, 0.717) is 29.8 Å². The van der Waals surface area contributed by atoms with Gasteiger partial charge >= 0.3 is 0 Å². The van der Waals surface area contributed by atoms with Crippen molar-refractivity contribution < 1.29 is 9.18 Å². The number of hydrogen-bond donors (Lipinski definition) is 1. The van der Waals surface area contributed by atoms with Crippen molar-refractivity contribution >= 4 is 28.1 Å². The van der Waals surface area contributed by atoms with Crippen LogP contribution in [0.5, 0.6) is 0 Å². The van der Waals surface area contributed by atoms with Gasteiger partial charge < -0.3 is 15.1 Å². The van der Waals surface area contributed by atoms with Crippen LogP contribution >= 0.6 is 11.3 Å². The van der Waals surface area contributed by atoms with E-state index < -0.39 is 0 Å². The SMILES string of the molecule is CN1CCN(c2nc(-c3cc4c(cc3F)NC(=O)CC4)cs2)CC1. The summed E-state index contributed by atoms with van der Waals surface area (Å²) in [5.74, 6) is -0.396. The Morgan fingerprint density at radius 1 is 1.21 bits per heavy atom. The molecule has 126 valence electrons. The molecule has 0 spiro atoms. The lowest BCUT2D eigenvalue weighted by Crippen LogP contribution is -2.44. The van der Waals surface area contributed by atoms with E-state index in [1.165, 1.54) is 6.07 Å². The zero-order chi connectivity index (χ0) is 16.7. The zero-order valence-electron chi connectivity index (χ0n) is 13.5. The van der Waals surface area contributed by atoms with Gasteiger partial charge in [0.1, 0.15) is 5.82 Å². The number of nitrogens with zero attached hydrogens (tertiary/aromatic N) is 3. The van der Waals surface area contributed by atoms with Crippen molar-refractivity contribution in [3.05, 3.63) is 28.9 Å². The Kier molecular flexibility index (Phi) is 3.97. The van der Waals surface area contributed by atoms with Crippen LogP contribution in [-0.2, 0) is 11.2 Å². The summed E-state index contributed by atoms with van der Waals surface area (Å²) in [6.45, 7) is 3.92. The molecule has 1 aromatic carbocycles. The van der Waals surface area contributed by atoms with E-state index >= 15 is 0 Å². The first-order chi connectivity index (χ1) is 11.6. The molecule has 4 rings (SSSR count). The van der Waals surface area contributed by atoms with Crippen molar-refractivity contribution in [1.82, 2.24) is 9.88 Å². The summed E-state index contributed by atoms with van der Waals surface area (Å²) in [6, 6.07) is 3.24. The summed E-state index contributed by atoms with van der Waals surface area (Å²) >= 11 is 1.56. The molecule has 0 atom stereocenters. The van der Waals surface area contributed by atoms with Crippen LogP contribution in [0.3, 0.4) is 0 Å². The Balaban J connectivity index is 1.61. The lowest BCUT2D eigenvalue weighted by atomic mass is 9.99. The van der Waals surface area contributed by atoms with E-state index in [0.717, 1.165) is 36.9 Å². The maximum Gasteiger partial charge on any atom is 0.224 e. The van der Waals surface area contributed by atoms with Crippen molar-refractivity contribution in [1.29, 1.82) is 0 Å². The number of hydrogen-bond acceptors (Lipinski definition) is 5. The number of anilines is 2. The minimum absolute atomic E-state index is 0.0549. The predicted octanol–water partition coefficient (Wildman–Crippen LogP) is 2.59. The molecule has 2 aliphatic rings. The Labute approximate surface area is 144 Å². The Bertz CT molecular complexity index is 783. The number of nitrogens with one attached hydrogen (secondary N) is 1. The topological polar surface area (TPSA) is 48.5 Å². The number of thiazole rings is 1. The van der Waals surface area contributed by atoms with Gasteiger partial charge in [-0.15, -0.1) is 11.3 Å². The summed E-state index contributed by atoms with van der Waals surface area (Å²) in [5, 5.41) is 5.60. The van der Waals surface area contributed by atoms with Crippen LogP contribution in [0.2, 0.25) is 0 Å². The van der Waals surface area contributed by atoms with Gasteiger partial charge in [-0.2, -0.15) is 0 Å². The monoisotopic (exact) mass is 346 g/mol. The molecule has 1 fully saturated rings. The first-order valence-corrected chi connectivity index (χ1v) is 9.00. The predicted molar refractivity (Wildman–Crippen MR) is 94.2 cm³/mol. The number of piperazine rings is 1. The molecular weight excluding hydrogens is 327 g/mol. The highest BCUT2D eigenvalue weighted by Crippen LogP contribution is 2.34. The lowest BCUT2D eigenvalue weighted by molar-refractivity contribution is -0.116. The van der Waals surface area contributed by atoms with Gasteiger partial charge in [0.05, 0.1) is 5.69 Å². The van der Waals surface area contributed by atoms with Crippen molar-refractivity contribution in [3.8, 4) is 11.3 Å². The molecular formula is C17H19FN4OS. The first kappa shape index (κ1) is 15.5. The number of likely N-dealkylation sites (N-methyl/N-ethyl adjacent to an activating group) is 1. The molecule has 7 heteroatoms. The van der Waals surface area contributed by atoms with Gasteiger partial charge in [-0.25, -0.2) is 9.37 Å². The largest absolute Gasteiger partial charge is 0.346 e. The van der Waals surface area contributed by atoms with Crippen molar-refractivity contribution in [2.75, 3.05) is 43.4 Å². The summed E-state index contributed by atoms with van der Waals surface area (Å²) in [5.41, 5.74) is 2.75. The van der Waals surface area contributed by atoms with Crippen LogP contribution in [0.25, 0.3) is 11.3 Å². The zero-order valence-corrected chi connectivity index (χ0v) is 14.3. The van der Waals surface area contributed by atoms with Crippen LogP contribution in [0.4, 0.5) is 15.2 Å². The van der Waals surface area contributed by atoms with Crippen LogP contribution in [0.1, 0.15) is 12.0 Å². The van der Waals surface area contributed by atoms with Crippen molar-refractivity contribution in [3.63, 3.8) is 0 Å². The van der Waals surface area contributed by atoms with Crippen LogP contribution in [0, 0.1) is 5.82 Å². The third kappa shape index (κ3) is 2.89. The Morgan fingerprint density at radius 3 is 2.79 bits per heavy atom. The molecule has 5 nitrogen and oxygen atoms in total. The number of rotatable bonds is 2. The fourth-order valence-electron chi connectivity index (χ4n) is 3.13. The second kappa shape index (κ2) is 6.14. The van der Waals surface area contributed by atoms with Gasteiger partial charge in [0, 0.05) is 49.2 Å². The quantitative estimate of drug-likeness (QED) is 0.908. The van der Waals surface area contributed by atoms with E-state index in [-0.39, 0.29) is 11.7 Å². The van der Waals surface area contributed by atoms with Crippen LogP contribution in [0.15, 0.2) is 17.5 Å². The second-order valence-electron chi connectivity index (χ2n) is 6.34. The lowest BCUT2D eigenvalue weighted by Gasteiger charge is -2.32. The number of carbonyl (C=O) groups excluding carboxylic acids is 1. The number of carbonyl (C=O) groups is 1. The molecule has 1 saturated heterocycles. The molecule has 0 unspecified atom stereocenters. The molecule has 3 heterocycles. The highest BCUT2D eigenvalue weighted by atomic mass is 32.1. The number of aromatic nitrogens is 1. The van der Waals surface area contributed by atoms with Gasteiger partial charge in [-0.1, -0.05) is 0 Å². The van der Waals surface area contributed by atoms with Crippen molar-refractivity contribution in [2.45, 2.75) is 12.8 Å². The highest BCUT2D eigenvalue weighted by molar-refractivity contribution is 7.14. The third-order valence-electron chi connectivity index (χ3n) is 4.63. The second-order valence-corrected chi connectivity index (χ2v) is 7.18. The van der Waals surface area contributed by atoms with Gasteiger partial charge in [-0.05, 0) is 31.2 Å². The third-order valence-corrected chi connectivity index (χ3v) is 5.53.